The van der Waals surface area contributed by atoms with Crippen molar-refractivity contribution < 1.29 is 14.3 Å². The first kappa shape index (κ1) is 15.8. The summed E-state index contributed by atoms with van der Waals surface area (Å²) >= 11 is 0. The minimum atomic E-state index is -0.897. The van der Waals surface area contributed by atoms with Crippen molar-refractivity contribution in [2.45, 2.75) is 6.10 Å². The topological polar surface area (TPSA) is 80.0 Å². The van der Waals surface area contributed by atoms with E-state index in [1.54, 1.807) is 41.5 Å². The quantitative estimate of drug-likeness (QED) is 0.750. The van der Waals surface area contributed by atoms with E-state index >= 15 is 0 Å². The van der Waals surface area contributed by atoms with Gasteiger partial charge in [0.05, 0.1) is 6.10 Å². The Bertz CT molecular complexity index is 802. The molecule has 1 heterocycles. The molecule has 1 aromatic heterocycles. The van der Waals surface area contributed by atoms with Crippen molar-refractivity contribution in [3.8, 4) is 5.69 Å². The van der Waals surface area contributed by atoms with Crippen LogP contribution in [0.3, 0.4) is 0 Å². The molecule has 3 rings (SSSR count). The van der Waals surface area contributed by atoms with Crippen molar-refractivity contribution in [2.75, 3.05) is 6.54 Å². The number of aliphatic hydroxyl groups is 1. The lowest BCUT2D eigenvalue weighted by molar-refractivity contribution is 0.0916. The fraction of sp³-hybridized carbons (Fsp3) is 0.118. The first-order valence-electron chi connectivity index (χ1n) is 7.30. The van der Waals surface area contributed by atoms with Gasteiger partial charge in [-0.1, -0.05) is 12.1 Å². The van der Waals surface area contributed by atoms with Gasteiger partial charge in [-0.15, -0.1) is 10.2 Å². The Labute approximate surface area is 137 Å². The summed E-state index contributed by atoms with van der Waals surface area (Å²) in [5.74, 6) is -0.672. The number of aliphatic hydroxyl groups excluding tert-OH is 1. The molecule has 0 spiro atoms. The van der Waals surface area contributed by atoms with Crippen LogP contribution >= 0.6 is 0 Å². The number of nitrogens with one attached hydrogen (secondary N) is 1. The molecule has 0 aliphatic carbocycles. The molecule has 0 saturated carbocycles. The lowest BCUT2D eigenvalue weighted by Gasteiger charge is -2.12. The van der Waals surface area contributed by atoms with E-state index < -0.39 is 6.10 Å². The maximum atomic E-state index is 12.9. The Morgan fingerprint density at radius 2 is 1.71 bits per heavy atom. The van der Waals surface area contributed by atoms with Gasteiger partial charge in [-0.05, 0) is 42.0 Å². The van der Waals surface area contributed by atoms with Gasteiger partial charge in [0.25, 0.3) is 5.91 Å². The predicted octanol–water partition coefficient (Wildman–Crippen LogP) is 1.87. The Kier molecular flexibility index (Phi) is 4.62. The molecule has 0 aliphatic heterocycles. The summed E-state index contributed by atoms with van der Waals surface area (Å²) in [5.41, 5.74) is 1.85. The molecule has 7 heteroatoms. The van der Waals surface area contributed by atoms with Crippen molar-refractivity contribution in [2.24, 2.45) is 0 Å². The second-order valence-corrected chi connectivity index (χ2v) is 5.19. The Balaban J connectivity index is 1.59. The summed E-state index contributed by atoms with van der Waals surface area (Å²) in [5, 5.41) is 20.1. The van der Waals surface area contributed by atoms with E-state index in [-0.39, 0.29) is 18.3 Å². The molecule has 1 atom stereocenters. The number of benzene rings is 2. The van der Waals surface area contributed by atoms with Gasteiger partial charge in [0, 0.05) is 17.8 Å². The highest BCUT2D eigenvalue weighted by atomic mass is 19.1. The molecule has 24 heavy (non-hydrogen) atoms. The molecule has 1 amide bonds. The monoisotopic (exact) mass is 326 g/mol. The lowest BCUT2D eigenvalue weighted by atomic mass is 10.1. The molecule has 0 radical (unpaired) electrons. The Morgan fingerprint density at radius 3 is 2.33 bits per heavy atom. The molecule has 1 unspecified atom stereocenters. The average Bonchev–Trinajstić information content (AvgIpc) is 3.15. The first-order chi connectivity index (χ1) is 11.6. The van der Waals surface area contributed by atoms with Crippen molar-refractivity contribution >= 4 is 5.91 Å². The minimum Gasteiger partial charge on any atom is -0.387 e. The lowest BCUT2D eigenvalue weighted by Crippen LogP contribution is -2.28. The number of rotatable bonds is 5. The summed E-state index contributed by atoms with van der Waals surface area (Å²) in [4.78, 5) is 12.1. The molecule has 3 aromatic rings. The van der Waals surface area contributed by atoms with E-state index in [9.17, 15) is 14.3 Å². The molecular formula is C17H15FN4O2. The fourth-order valence-corrected chi connectivity index (χ4v) is 2.21. The number of hydrogen-bond acceptors (Lipinski definition) is 4. The number of hydrogen-bond donors (Lipinski definition) is 2. The summed E-state index contributed by atoms with van der Waals surface area (Å²) in [6.45, 7) is 0.0393. The van der Waals surface area contributed by atoms with Crippen molar-refractivity contribution in [3.63, 3.8) is 0 Å². The fourth-order valence-electron chi connectivity index (χ4n) is 2.21. The molecule has 2 aromatic carbocycles. The van der Waals surface area contributed by atoms with Gasteiger partial charge in [-0.2, -0.15) is 0 Å². The van der Waals surface area contributed by atoms with Crippen LogP contribution in [0, 0.1) is 5.82 Å². The van der Waals surface area contributed by atoms with Crippen molar-refractivity contribution in [3.05, 3.63) is 78.1 Å². The van der Waals surface area contributed by atoms with Crippen LogP contribution in [0.15, 0.2) is 61.2 Å². The second kappa shape index (κ2) is 7.01. The third-order valence-corrected chi connectivity index (χ3v) is 3.56. The molecule has 0 fully saturated rings. The highest BCUT2D eigenvalue weighted by Gasteiger charge is 2.11. The smallest absolute Gasteiger partial charge is 0.251 e. The van der Waals surface area contributed by atoms with Crippen LogP contribution in [0.2, 0.25) is 0 Å². The summed E-state index contributed by atoms with van der Waals surface area (Å²) < 4.78 is 14.6. The highest BCUT2D eigenvalue weighted by Crippen LogP contribution is 2.13. The van der Waals surface area contributed by atoms with Crippen LogP contribution < -0.4 is 5.32 Å². The normalized spacial score (nSPS) is 11.9. The van der Waals surface area contributed by atoms with E-state index in [1.807, 2.05) is 0 Å². The Hall–Kier alpha value is -3.06. The SMILES string of the molecule is O=C(NCC(O)c1ccc(F)cc1)c1ccc(-n2cnnc2)cc1. The maximum absolute atomic E-state index is 12.9. The standard InChI is InChI=1S/C17H15FN4O2/c18-14-5-1-12(2-6-14)16(23)9-19-17(24)13-3-7-15(8-4-13)22-10-20-21-11-22/h1-8,10-11,16,23H,9H2,(H,19,24). The average molecular weight is 326 g/mol. The van der Waals surface area contributed by atoms with Crippen molar-refractivity contribution in [1.29, 1.82) is 0 Å². The zero-order valence-corrected chi connectivity index (χ0v) is 12.6. The second-order valence-electron chi connectivity index (χ2n) is 5.19. The number of carbonyl (C=O) groups is 1. The van der Waals surface area contributed by atoms with E-state index in [4.69, 9.17) is 0 Å². The van der Waals surface area contributed by atoms with Gasteiger partial charge in [0.15, 0.2) is 0 Å². The van der Waals surface area contributed by atoms with Crippen LogP contribution in [0.25, 0.3) is 5.69 Å². The van der Waals surface area contributed by atoms with E-state index in [0.29, 0.717) is 11.1 Å². The number of halogens is 1. The van der Waals surface area contributed by atoms with Crippen molar-refractivity contribution in [1.82, 2.24) is 20.1 Å². The van der Waals surface area contributed by atoms with Gasteiger partial charge in [-0.25, -0.2) is 4.39 Å². The predicted molar refractivity (Wildman–Crippen MR) is 85.1 cm³/mol. The molecule has 0 aliphatic rings. The Morgan fingerprint density at radius 1 is 1.08 bits per heavy atom. The van der Waals surface area contributed by atoms with E-state index in [1.165, 1.54) is 24.3 Å². The number of amides is 1. The minimum absolute atomic E-state index is 0.0393. The first-order valence-corrected chi connectivity index (χ1v) is 7.30. The van der Waals surface area contributed by atoms with Gasteiger partial charge in [0.1, 0.15) is 18.5 Å². The molecule has 122 valence electrons. The summed E-state index contributed by atoms with van der Waals surface area (Å²) in [6, 6.07) is 12.4. The van der Waals surface area contributed by atoms with Crippen LogP contribution in [0.4, 0.5) is 4.39 Å². The van der Waals surface area contributed by atoms with Crippen LogP contribution in [0.1, 0.15) is 22.0 Å². The van der Waals surface area contributed by atoms with E-state index in [2.05, 4.69) is 15.5 Å². The third-order valence-electron chi connectivity index (χ3n) is 3.56. The zero-order valence-electron chi connectivity index (χ0n) is 12.6. The third kappa shape index (κ3) is 3.64. The summed E-state index contributed by atoms with van der Waals surface area (Å²) in [7, 11) is 0. The molecular weight excluding hydrogens is 311 g/mol. The van der Waals surface area contributed by atoms with Crippen LogP contribution in [-0.4, -0.2) is 32.3 Å². The highest BCUT2D eigenvalue weighted by molar-refractivity contribution is 5.94. The molecule has 0 bridgehead atoms. The largest absolute Gasteiger partial charge is 0.387 e. The molecule has 6 nitrogen and oxygen atoms in total. The molecule has 0 saturated heterocycles. The maximum Gasteiger partial charge on any atom is 0.251 e. The molecule has 2 N–H and O–H groups in total. The van der Waals surface area contributed by atoms with Gasteiger partial charge in [0.2, 0.25) is 0 Å². The summed E-state index contributed by atoms with van der Waals surface area (Å²) in [6.07, 6.45) is 2.23. The van der Waals surface area contributed by atoms with Gasteiger partial charge >= 0.3 is 0 Å². The van der Waals surface area contributed by atoms with Gasteiger partial charge in [-0.3, -0.25) is 9.36 Å². The number of aromatic nitrogens is 3. The van der Waals surface area contributed by atoms with Crippen LogP contribution in [0.5, 0.6) is 0 Å². The number of carbonyl (C=O) groups excluding carboxylic acids is 1. The van der Waals surface area contributed by atoms with Crippen LogP contribution in [-0.2, 0) is 0 Å². The zero-order chi connectivity index (χ0) is 16.9. The van der Waals surface area contributed by atoms with Gasteiger partial charge < -0.3 is 10.4 Å². The van der Waals surface area contributed by atoms with E-state index in [0.717, 1.165) is 5.69 Å². The number of nitrogens with zero attached hydrogens (tertiary/aromatic N) is 3.